The minimum absolute atomic E-state index is 0.106. The summed E-state index contributed by atoms with van der Waals surface area (Å²) in [6.07, 6.45) is 3.34. The van der Waals surface area contributed by atoms with E-state index in [-0.39, 0.29) is 5.69 Å². The van der Waals surface area contributed by atoms with Crippen molar-refractivity contribution in [1.29, 1.82) is 0 Å². The first-order valence-electron chi connectivity index (χ1n) is 5.13. The molecule has 2 rings (SSSR count). The summed E-state index contributed by atoms with van der Waals surface area (Å²) in [4.78, 5) is 17.1. The van der Waals surface area contributed by atoms with Gasteiger partial charge < -0.3 is 10.3 Å². The Morgan fingerprint density at radius 2 is 2.35 bits per heavy atom. The SMILES string of the molecule is Cc1cc([N+](=O)[O-])ccc1NCc1cnc[nH]1. The van der Waals surface area contributed by atoms with Crippen LogP contribution >= 0.6 is 0 Å². The summed E-state index contributed by atoms with van der Waals surface area (Å²) in [5.74, 6) is 0. The van der Waals surface area contributed by atoms with Gasteiger partial charge in [-0.25, -0.2) is 4.98 Å². The molecule has 1 aromatic heterocycles. The van der Waals surface area contributed by atoms with E-state index in [1.807, 2.05) is 6.92 Å². The Kier molecular flexibility index (Phi) is 3.04. The number of H-pyrrole nitrogens is 1. The minimum Gasteiger partial charge on any atom is -0.379 e. The van der Waals surface area contributed by atoms with Crippen LogP contribution in [0.2, 0.25) is 0 Å². The van der Waals surface area contributed by atoms with Crippen LogP contribution < -0.4 is 5.32 Å². The molecule has 6 heteroatoms. The van der Waals surface area contributed by atoms with Gasteiger partial charge in [-0.2, -0.15) is 0 Å². The average Bonchev–Trinajstić information content (AvgIpc) is 2.80. The van der Waals surface area contributed by atoms with Crippen molar-refractivity contribution in [2.75, 3.05) is 5.32 Å². The number of non-ortho nitro benzene ring substituents is 1. The summed E-state index contributed by atoms with van der Waals surface area (Å²) in [5, 5.41) is 13.8. The third-order valence-electron chi connectivity index (χ3n) is 2.44. The van der Waals surface area contributed by atoms with Crippen LogP contribution in [-0.4, -0.2) is 14.9 Å². The molecule has 0 aliphatic heterocycles. The Hall–Kier alpha value is -2.37. The average molecular weight is 232 g/mol. The van der Waals surface area contributed by atoms with E-state index in [1.54, 1.807) is 24.7 Å². The molecule has 0 unspecified atom stereocenters. The summed E-state index contributed by atoms with van der Waals surface area (Å²) < 4.78 is 0. The van der Waals surface area contributed by atoms with E-state index in [9.17, 15) is 10.1 Å². The molecule has 0 aliphatic rings. The van der Waals surface area contributed by atoms with Crippen molar-refractivity contribution in [3.63, 3.8) is 0 Å². The number of benzene rings is 1. The highest BCUT2D eigenvalue weighted by atomic mass is 16.6. The summed E-state index contributed by atoms with van der Waals surface area (Å²) in [5.41, 5.74) is 2.79. The number of rotatable bonds is 4. The number of hydrogen-bond donors (Lipinski definition) is 2. The molecule has 2 aromatic rings. The molecule has 17 heavy (non-hydrogen) atoms. The maximum atomic E-state index is 10.6. The number of aryl methyl sites for hydroxylation is 1. The van der Waals surface area contributed by atoms with Crippen LogP contribution in [0.15, 0.2) is 30.7 Å². The third kappa shape index (κ3) is 2.60. The van der Waals surface area contributed by atoms with Crippen LogP contribution in [0, 0.1) is 17.0 Å². The second-order valence-corrected chi connectivity index (χ2v) is 3.69. The molecule has 0 radical (unpaired) electrons. The Morgan fingerprint density at radius 3 is 2.94 bits per heavy atom. The Bertz CT molecular complexity index is 522. The van der Waals surface area contributed by atoms with Crippen LogP contribution in [0.4, 0.5) is 11.4 Å². The topological polar surface area (TPSA) is 83.8 Å². The highest BCUT2D eigenvalue weighted by molar-refractivity contribution is 5.55. The Labute approximate surface area is 97.9 Å². The molecule has 1 aromatic carbocycles. The van der Waals surface area contributed by atoms with E-state index >= 15 is 0 Å². The molecular weight excluding hydrogens is 220 g/mol. The van der Waals surface area contributed by atoms with E-state index in [0.717, 1.165) is 16.9 Å². The first-order valence-corrected chi connectivity index (χ1v) is 5.13. The van der Waals surface area contributed by atoms with Crippen molar-refractivity contribution in [1.82, 2.24) is 9.97 Å². The summed E-state index contributed by atoms with van der Waals surface area (Å²) in [6.45, 7) is 2.45. The van der Waals surface area contributed by atoms with E-state index in [0.29, 0.717) is 6.54 Å². The van der Waals surface area contributed by atoms with Gasteiger partial charge >= 0.3 is 0 Å². The molecule has 6 nitrogen and oxygen atoms in total. The predicted molar refractivity (Wildman–Crippen MR) is 63.7 cm³/mol. The third-order valence-corrected chi connectivity index (χ3v) is 2.44. The van der Waals surface area contributed by atoms with Crippen LogP contribution in [0.3, 0.4) is 0 Å². The van der Waals surface area contributed by atoms with Gasteiger partial charge in [-0.3, -0.25) is 10.1 Å². The number of anilines is 1. The van der Waals surface area contributed by atoms with E-state index in [1.165, 1.54) is 6.07 Å². The largest absolute Gasteiger partial charge is 0.379 e. The number of imidazole rings is 1. The molecule has 0 spiro atoms. The summed E-state index contributed by atoms with van der Waals surface area (Å²) in [6, 6.07) is 4.75. The molecule has 2 N–H and O–H groups in total. The highest BCUT2D eigenvalue weighted by Gasteiger charge is 2.07. The fourth-order valence-corrected chi connectivity index (χ4v) is 1.53. The second-order valence-electron chi connectivity index (χ2n) is 3.69. The fraction of sp³-hybridized carbons (Fsp3) is 0.182. The quantitative estimate of drug-likeness (QED) is 0.625. The zero-order chi connectivity index (χ0) is 12.3. The smallest absolute Gasteiger partial charge is 0.269 e. The summed E-state index contributed by atoms with van der Waals surface area (Å²) in [7, 11) is 0. The molecular formula is C11H12N4O2. The molecule has 0 atom stereocenters. The molecule has 88 valence electrons. The second kappa shape index (κ2) is 4.65. The van der Waals surface area contributed by atoms with Gasteiger partial charge in [0.15, 0.2) is 0 Å². The maximum absolute atomic E-state index is 10.6. The number of nitrogens with one attached hydrogen (secondary N) is 2. The molecule has 0 aliphatic carbocycles. The zero-order valence-electron chi connectivity index (χ0n) is 9.30. The molecule has 0 amide bonds. The zero-order valence-corrected chi connectivity index (χ0v) is 9.30. The van der Waals surface area contributed by atoms with Gasteiger partial charge in [0.05, 0.1) is 23.5 Å². The van der Waals surface area contributed by atoms with Gasteiger partial charge in [-0.05, 0) is 18.6 Å². The van der Waals surface area contributed by atoms with Crippen molar-refractivity contribution < 1.29 is 4.92 Å². The molecule has 0 saturated carbocycles. The Morgan fingerprint density at radius 1 is 1.53 bits per heavy atom. The van der Waals surface area contributed by atoms with Crippen LogP contribution in [0.5, 0.6) is 0 Å². The standard InChI is InChI=1S/C11H12N4O2/c1-8-4-10(15(16)17)2-3-11(8)13-6-9-5-12-7-14-9/h2-5,7,13H,6H2,1H3,(H,12,14). The van der Waals surface area contributed by atoms with Crippen molar-refractivity contribution in [2.45, 2.75) is 13.5 Å². The van der Waals surface area contributed by atoms with Crippen molar-refractivity contribution in [3.8, 4) is 0 Å². The molecule has 0 fully saturated rings. The van der Waals surface area contributed by atoms with E-state index in [2.05, 4.69) is 15.3 Å². The number of nitrogens with zero attached hydrogens (tertiary/aromatic N) is 2. The van der Waals surface area contributed by atoms with Gasteiger partial charge in [-0.15, -0.1) is 0 Å². The maximum Gasteiger partial charge on any atom is 0.269 e. The lowest BCUT2D eigenvalue weighted by atomic mass is 10.2. The molecule has 0 saturated heterocycles. The monoisotopic (exact) mass is 232 g/mol. The normalized spacial score (nSPS) is 10.2. The van der Waals surface area contributed by atoms with Gasteiger partial charge in [-0.1, -0.05) is 0 Å². The van der Waals surface area contributed by atoms with Crippen LogP contribution in [0.1, 0.15) is 11.3 Å². The summed E-state index contributed by atoms with van der Waals surface area (Å²) >= 11 is 0. The lowest BCUT2D eigenvalue weighted by Crippen LogP contribution is -2.01. The van der Waals surface area contributed by atoms with Crippen LogP contribution in [-0.2, 0) is 6.54 Å². The number of nitro benzene ring substituents is 1. The van der Waals surface area contributed by atoms with Crippen molar-refractivity contribution >= 4 is 11.4 Å². The molecule has 0 bridgehead atoms. The molecule has 1 heterocycles. The van der Waals surface area contributed by atoms with Crippen molar-refractivity contribution in [2.24, 2.45) is 0 Å². The first-order chi connectivity index (χ1) is 8.16. The minimum atomic E-state index is -0.397. The number of aromatic nitrogens is 2. The van der Waals surface area contributed by atoms with E-state index < -0.39 is 4.92 Å². The highest BCUT2D eigenvalue weighted by Crippen LogP contribution is 2.21. The number of aromatic amines is 1. The lowest BCUT2D eigenvalue weighted by Gasteiger charge is -2.07. The van der Waals surface area contributed by atoms with E-state index in [4.69, 9.17) is 0 Å². The number of nitro groups is 1. The lowest BCUT2D eigenvalue weighted by molar-refractivity contribution is -0.384. The Balaban J connectivity index is 2.09. The van der Waals surface area contributed by atoms with Gasteiger partial charge in [0.1, 0.15) is 0 Å². The number of hydrogen-bond acceptors (Lipinski definition) is 4. The predicted octanol–water partition coefficient (Wildman–Crippen LogP) is 2.24. The fourth-order valence-electron chi connectivity index (χ4n) is 1.53. The van der Waals surface area contributed by atoms with Gasteiger partial charge in [0.25, 0.3) is 5.69 Å². The first kappa shape index (κ1) is 11.1. The van der Waals surface area contributed by atoms with Gasteiger partial charge in [0.2, 0.25) is 0 Å². The van der Waals surface area contributed by atoms with Crippen LogP contribution in [0.25, 0.3) is 0 Å². The van der Waals surface area contributed by atoms with Gasteiger partial charge in [0, 0.05) is 24.0 Å². The van der Waals surface area contributed by atoms with Crippen molar-refractivity contribution in [3.05, 3.63) is 52.1 Å².